The summed E-state index contributed by atoms with van der Waals surface area (Å²) in [5.74, 6) is -0.244. The van der Waals surface area contributed by atoms with Crippen LogP contribution in [-0.4, -0.2) is 37.2 Å². The number of rotatable bonds is 3. The van der Waals surface area contributed by atoms with Crippen molar-refractivity contribution in [2.24, 2.45) is 0 Å². The van der Waals surface area contributed by atoms with Gasteiger partial charge in [0.15, 0.2) is 0 Å². The fourth-order valence-corrected chi connectivity index (χ4v) is 2.99. The van der Waals surface area contributed by atoms with Crippen LogP contribution in [0.15, 0.2) is 43.0 Å². The second-order valence-corrected chi connectivity index (χ2v) is 5.51. The lowest BCUT2D eigenvalue weighted by atomic mass is 10.3. The SMILES string of the molecule is Fc1ccc2nc(CN3CCC(n4cccn4)C3)cn2c1. The third kappa shape index (κ3) is 2.42. The normalized spacial score (nSPS) is 19.6. The van der Waals surface area contributed by atoms with Crippen molar-refractivity contribution in [3.05, 3.63) is 54.5 Å². The highest BCUT2D eigenvalue weighted by Crippen LogP contribution is 2.22. The van der Waals surface area contributed by atoms with Crippen molar-refractivity contribution in [3.8, 4) is 0 Å². The Labute approximate surface area is 121 Å². The zero-order valence-corrected chi connectivity index (χ0v) is 11.6. The Hall–Kier alpha value is -2.21. The van der Waals surface area contributed by atoms with Gasteiger partial charge in [-0.2, -0.15) is 5.10 Å². The van der Waals surface area contributed by atoms with Crippen LogP contribution in [0.5, 0.6) is 0 Å². The van der Waals surface area contributed by atoms with Crippen molar-refractivity contribution in [2.45, 2.75) is 19.0 Å². The lowest BCUT2D eigenvalue weighted by molar-refractivity contribution is 0.308. The Morgan fingerprint density at radius 1 is 1.29 bits per heavy atom. The molecular weight excluding hydrogens is 269 g/mol. The molecule has 4 rings (SSSR count). The van der Waals surface area contributed by atoms with Gasteiger partial charge in [0.1, 0.15) is 11.5 Å². The number of aromatic nitrogens is 4. The lowest BCUT2D eigenvalue weighted by Crippen LogP contribution is -2.21. The van der Waals surface area contributed by atoms with Gasteiger partial charge in [-0.1, -0.05) is 0 Å². The highest BCUT2D eigenvalue weighted by molar-refractivity contribution is 5.39. The van der Waals surface area contributed by atoms with Crippen molar-refractivity contribution in [1.82, 2.24) is 24.1 Å². The smallest absolute Gasteiger partial charge is 0.139 e. The third-order valence-electron chi connectivity index (χ3n) is 4.00. The van der Waals surface area contributed by atoms with Crippen LogP contribution in [0.4, 0.5) is 4.39 Å². The number of halogens is 1. The molecule has 0 aliphatic carbocycles. The minimum absolute atomic E-state index is 0.244. The number of fused-ring (bicyclic) bond motifs is 1. The molecule has 1 aliphatic heterocycles. The van der Waals surface area contributed by atoms with E-state index in [0.717, 1.165) is 37.4 Å². The minimum atomic E-state index is -0.244. The van der Waals surface area contributed by atoms with E-state index in [0.29, 0.717) is 6.04 Å². The van der Waals surface area contributed by atoms with Crippen molar-refractivity contribution in [2.75, 3.05) is 13.1 Å². The zero-order chi connectivity index (χ0) is 14.2. The summed E-state index contributed by atoms with van der Waals surface area (Å²) in [6.45, 7) is 2.80. The van der Waals surface area contributed by atoms with E-state index in [1.807, 2.05) is 29.3 Å². The second kappa shape index (κ2) is 4.96. The van der Waals surface area contributed by atoms with Crippen LogP contribution in [-0.2, 0) is 6.54 Å². The second-order valence-electron chi connectivity index (χ2n) is 5.51. The van der Waals surface area contributed by atoms with Crippen LogP contribution in [0.3, 0.4) is 0 Å². The summed E-state index contributed by atoms with van der Waals surface area (Å²) in [6.07, 6.45) is 8.30. The summed E-state index contributed by atoms with van der Waals surface area (Å²) in [5.41, 5.74) is 1.76. The predicted molar refractivity (Wildman–Crippen MR) is 76.3 cm³/mol. The Kier molecular flexibility index (Phi) is 2.96. The van der Waals surface area contributed by atoms with Crippen molar-refractivity contribution >= 4 is 5.65 Å². The maximum absolute atomic E-state index is 13.2. The van der Waals surface area contributed by atoms with Gasteiger partial charge in [0, 0.05) is 44.4 Å². The molecule has 1 aliphatic rings. The molecule has 1 unspecified atom stereocenters. The zero-order valence-electron chi connectivity index (χ0n) is 11.6. The summed E-state index contributed by atoms with van der Waals surface area (Å²) in [7, 11) is 0. The average molecular weight is 285 g/mol. The standard InChI is InChI=1S/C15H16FN5/c16-12-2-3-15-18-13(10-20(15)8-12)9-19-7-4-14(11-19)21-6-1-5-17-21/h1-3,5-6,8,10,14H,4,7,9,11H2. The van der Waals surface area contributed by atoms with Crippen molar-refractivity contribution < 1.29 is 4.39 Å². The fourth-order valence-electron chi connectivity index (χ4n) is 2.99. The number of nitrogens with zero attached hydrogens (tertiary/aromatic N) is 5. The van der Waals surface area contributed by atoms with Crippen LogP contribution < -0.4 is 0 Å². The van der Waals surface area contributed by atoms with Crippen LogP contribution in [0.2, 0.25) is 0 Å². The first-order chi connectivity index (χ1) is 10.3. The summed E-state index contributed by atoms with van der Waals surface area (Å²) >= 11 is 0. The average Bonchev–Trinajstić information content (AvgIpc) is 3.16. The molecule has 0 aromatic carbocycles. The minimum Gasteiger partial charge on any atom is -0.304 e. The number of pyridine rings is 1. The molecule has 3 aromatic rings. The Morgan fingerprint density at radius 2 is 2.24 bits per heavy atom. The molecule has 4 heterocycles. The van der Waals surface area contributed by atoms with Gasteiger partial charge in [-0.3, -0.25) is 9.58 Å². The first kappa shape index (κ1) is 12.5. The summed E-state index contributed by atoms with van der Waals surface area (Å²) in [6, 6.07) is 5.54. The molecule has 0 spiro atoms. The number of imidazole rings is 1. The molecule has 0 saturated carbocycles. The quantitative estimate of drug-likeness (QED) is 0.740. The molecule has 108 valence electrons. The molecule has 0 bridgehead atoms. The van der Waals surface area contributed by atoms with E-state index in [9.17, 15) is 4.39 Å². The van der Waals surface area contributed by atoms with Gasteiger partial charge in [-0.25, -0.2) is 9.37 Å². The number of hydrogen-bond acceptors (Lipinski definition) is 3. The molecule has 21 heavy (non-hydrogen) atoms. The number of likely N-dealkylation sites (tertiary alicyclic amines) is 1. The van der Waals surface area contributed by atoms with Gasteiger partial charge in [-0.15, -0.1) is 0 Å². The molecular formula is C15H16FN5. The van der Waals surface area contributed by atoms with E-state index >= 15 is 0 Å². The first-order valence-corrected chi connectivity index (χ1v) is 7.12. The molecule has 5 nitrogen and oxygen atoms in total. The van der Waals surface area contributed by atoms with Crippen molar-refractivity contribution in [1.29, 1.82) is 0 Å². The van der Waals surface area contributed by atoms with Crippen molar-refractivity contribution in [3.63, 3.8) is 0 Å². The molecule has 0 amide bonds. The topological polar surface area (TPSA) is 38.4 Å². The number of hydrogen-bond donors (Lipinski definition) is 0. The molecule has 3 aromatic heterocycles. The third-order valence-corrected chi connectivity index (χ3v) is 4.00. The fraction of sp³-hybridized carbons (Fsp3) is 0.333. The summed E-state index contributed by atoms with van der Waals surface area (Å²) in [5, 5.41) is 4.31. The monoisotopic (exact) mass is 285 g/mol. The highest BCUT2D eigenvalue weighted by atomic mass is 19.1. The summed E-state index contributed by atoms with van der Waals surface area (Å²) < 4.78 is 17.0. The van der Waals surface area contributed by atoms with E-state index in [1.165, 1.54) is 12.3 Å². The van der Waals surface area contributed by atoms with Gasteiger partial charge in [0.2, 0.25) is 0 Å². The Bertz CT molecular complexity index is 749. The van der Waals surface area contributed by atoms with E-state index < -0.39 is 0 Å². The molecule has 1 fully saturated rings. The van der Waals surface area contributed by atoms with Crippen LogP contribution in [0, 0.1) is 5.82 Å². The van der Waals surface area contributed by atoms with Gasteiger partial charge < -0.3 is 4.40 Å². The van der Waals surface area contributed by atoms with Gasteiger partial charge in [0.25, 0.3) is 0 Å². The van der Waals surface area contributed by atoms with E-state index in [1.54, 1.807) is 10.5 Å². The van der Waals surface area contributed by atoms with Gasteiger partial charge in [0.05, 0.1) is 11.7 Å². The predicted octanol–water partition coefficient (Wildman–Crippen LogP) is 2.12. The Morgan fingerprint density at radius 3 is 3.10 bits per heavy atom. The van der Waals surface area contributed by atoms with Gasteiger partial charge in [-0.05, 0) is 24.6 Å². The van der Waals surface area contributed by atoms with Crippen LogP contribution >= 0.6 is 0 Å². The maximum atomic E-state index is 13.2. The largest absolute Gasteiger partial charge is 0.304 e. The van der Waals surface area contributed by atoms with E-state index in [2.05, 4.69) is 15.0 Å². The van der Waals surface area contributed by atoms with Gasteiger partial charge >= 0.3 is 0 Å². The summed E-state index contributed by atoms with van der Waals surface area (Å²) in [4.78, 5) is 6.90. The van der Waals surface area contributed by atoms with Crippen LogP contribution in [0.1, 0.15) is 18.2 Å². The van der Waals surface area contributed by atoms with Crippen LogP contribution in [0.25, 0.3) is 5.65 Å². The molecule has 0 N–H and O–H groups in total. The van der Waals surface area contributed by atoms with E-state index in [4.69, 9.17) is 0 Å². The highest BCUT2D eigenvalue weighted by Gasteiger charge is 2.24. The first-order valence-electron chi connectivity index (χ1n) is 7.12. The lowest BCUT2D eigenvalue weighted by Gasteiger charge is -2.14. The molecule has 6 heteroatoms. The maximum Gasteiger partial charge on any atom is 0.139 e. The van der Waals surface area contributed by atoms with E-state index in [-0.39, 0.29) is 5.82 Å². The molecule has 0 radical (unpaired) electrons. The Balaban J connectivity index is 1.48. The molecule has 1 atom stereocenters. The molecule has 1 saturated heterocycles.